The van der Waals surface area contributed by atoms with Crippen LogP contribution in [0.4, 0.5) is 0 Å². The Morgan fingerprint density at radius 2 is 1.85 bits per heavy atom. The number of hydrogen-bond donors (Lipinski definition) is 2. The molecule has 1 aliphatic rings. The summed E-state index contributed by atoms with van der Waals surface area (Å²) in [4.78, 5) is 1.15. The van der Waals surface area contributed by atoms with Crippen LogP contribution in [0.3, 0.4) is 0 Å². The van der Waals surface area contributed by atoms with Crippen LogP contribution in [-0.4, -0.2) is 0 Å². The zero-order chi connectivity index (χ0) is 14.0. The smallest absolute Gasteiger partial charge is 0.0664 e. The number of rotatable bonds is 4. The highest BCUT2D eigenvalue weighted by molar-refractivity contribution is 7.10. The van der Waals surface area contributed by atoms with Gasteiger partial charge in [0, 0.05) is 10.3 Å². The highest BCUT2D eigenvalue weighted by atomic mass is 35.5. The lowest BCUT2D eigenvalue weighted by atomic mass is 9.72. The first-order valence-corrected chi connectivity index (χ1v) is 8.28. The number of halogens is 1. The van der Waals surface area contributed by atoms with Crippen molar-refractivity contribution in [1.29, 1.82) is 0 Å². The maximum atomic E-state index is 6.36. The first-order valence-electron chi connectivity index (χ1n) is 7.02. The minimum Gasteiger partial charge on any atom is -0.271 e. The van der Waals surface area contributed by atoms with Crippen LogP contribution in [-0.2, 0) is 5.41 Å². The second-order valence-corrected chi connectivity index (χ2v) is 6.82. The lowest BCUT2D eigenvalue weighted by Crippen LogP contribution is -2.42. The SMILES string of the molecule is NNC(c1sccc1Cl)C1(c2ccccc2)CCCC1. The van der Waals surface area contributed by atoms with Crippen molar-refractivity contribution in [2.75, 3.05) is 0 Å². The van der Waals surface area contributed by atoms with Gasteiger partial charge in [-0.05, 0) is 29.9 Å². The molecule has 3 N–H and O–H groups in total. The molecule has 0 spiro atoms. The van der Waals surface area contributed by atoms with Gasteiger partial charge in [0.2, 0.25) is 0 Å². The van der Waals surface area contributed by atoms with Gasteiger partial charge in [0.25, 0.3) is 0 Å². The quantitative estimate of drug-likeness (QED) is 0.648. The van der Waals surface area contributed by atoms with Gasteiger partial charge in [-0.2, -0.15) is 0 Å². The third kappa shape index (κ3) is 2.29. The third-order valence-corrected chi connectivity index (χ3v) is 5.89. The van der Waals surface area contributed by atoms with Gasteiger partial charge in [-0.3, -0.25) is 11.3 Å². The fourth-order valence-corrected chi connectivity index (χ4v) is 4.86. The highest BCUT2D eigenvalue weighted by Gasteiger charge is 2.44. The second kappa shape index (κ2) is 5.86. The average Bonchev–Trinajstić information content (AvgIpc) is 3.12. The summed E-state index contributed by atoms with van der Waals surface area (Å²) in [5.41, 5.74) is 4.48. The Bertz CT molecular complexity index is 561. The summed E-state index contributed by atoms with van der Waals surface area (Å²) in [7, 11) is 0. The maximum absolute atomic E-state index is 6.36. The minimum atomic E-state index is 0.0600. The summed E-state index contributed by atoms with van der Waals surface area (Å²) in [5, 5.41) is 2.86. The molecule has 1 aromatic heterocycles. The van der Waals surface area contributed by atoms with Crippen molar-refractivity contribution in [3.8, 4) is 0 Å². The number of benzene rings is 1. The largest absolute Gasteiger partial charge is 0.271 e. The van der Waals surface area contributed by atoms with Crippen molar-refractivity contribution in [1.82, 2.24) is 5.43 Å². The van der Waals surface area contributed by atoms with Crippen molar-refractivity contribution >= 4 is 22.9 Å². The van der Waals surface area contributed by atoms with E-state index in [1.807, 2.05) is 11.4 Å². The van der Waals surface area contributed by atoms with Crippen LogP contribution in [0.5, 0.6) is 0 Å². The molecular formula is C16H19ClN2S. The van der Waals surface area contributed by atoms with Crippen molar-refractivity contribution in [3.05, 3.63) is 57.2 Å². The van der Waals surface area contributed by atoms with Crippen LogP contribution in [0.2, 0.25) is 5.02 Å². The molecule has 0 amide bonds. The Morgan fingerprint density at radius 1 is 1.15 bits per heavy atom. The van der Waals surface area contributed by atoms with Gasteiger partial charge in [-0.1, -0.05) is 54.8 Å². The van der Waals surface area contributed by atoms with Crippen molar-refractivity contribution in [2.24, 2.45) is 5.84 Å². The Morgan fingerprint density at radius 3 is 2.40 bits per heavy atom. The number of thiophene rings is 1. The van der Waals surface area contributed by atoms with Crippen molar-refractivity contribution < 1.29 is 0 Å². The van der Waals surface area contributed by atoms with E-state index in [0.29, 0.717) is 0 Å². The average molecular weight is 307 g/mol. The van der Waals surface area contributed by atoms with Crippen LogP contribution < -0.4 is 11.3 Å². The highest BCUT2D eigenvalue weighted by Crippen LogP contribution is 2.51. The molecule has 1 saturated carbocycles. The number of hydrazine groups is 1. The molecular weight excluding hydrogens is 288 g/mol. The van der Waals surface area contributed by atoms with Crippen LogP contribution in [0, 0.1) is 0 Å². The number of nitrogens with two attached hydrogens (primary N) is 1. The predicted molar refractivity (Wildman–Crippen MR) is 86.0 cm³/mol. The van der Waals surface area contributed by atoms with E-state index in [1.54, 1.807) is 11.3 Å². The van der Waals surface area contributed by atoms with Crippen LogP contribution in [0.15, 0.2) is 41.8 Å². The predicted octanol–water partition coefficient (Wildman–Crippen LogP) is 4.42. The van der Waals surface area contributed by atoms with E-state index < -0.39 is 0 Å². The summed E-state index contributed by atoms with van der Waals surface area (Å²) in [6.45, 7) is 0. The molecule has 4 heteroatoms. The monoisotopic (exact) mass is 306 g/mol. The molecule has 1 atom stereocenters. The van der Waals surface area contributed by atoms with Crippen LogP contribution >= 0.6 is 22.9 Å². The number of hydrogen-bond acceptors (Lipinski definition) is 3. The van der Waals surface area contributed by atoms with Gasteiger partial charge in [-0.25, -0.2) is 0 Å². The van der Waals surface area contributed by atoms with Crippen molar-refractivity contribution in [2.45, 2.75) is 37.1 Å². The zero-order valence-electron chi connectivity index (χ0n) is 11.3. The molecule has 106 valence electrons. The van der Waals surface area contributed by atoms with Gasteiger partial charge >= 0.3 is 0 Å². The fourth-order valence-electron chi connectivity index (χ4n) is 3.52. The number of nitrogens with one attached hydrogen (secondary N) is 1. The molecule has 1 unspecified atom stereocenters. The van der Waals surface area contributed by atoms with Crippen LogP contribution in [0.25, 0.3) is 0 Å². The first-order chi connectivity index (χ1) is 9.78. The summed E-state index contributed by atoms with van der Waals surface area (Å²) in [6.07, 6.45) is 4.80. The lowest BCUT2D eigenvalue weighted by Gasteiger charge is -2.37. The van der Waals surface area contributed by atoms with Gasteiger partial charge in [0.15, 0.2) is 0 Å². The Kier molecular flexibility index (Phi) is 4.13. The Labute approximate surface area is 128 Å². The molecule has 2 nitrogen and oxygen atoms in total. The van der Waals surface area contributed by atoms with Crippen molar-refractivity contribution in [3.63, 3.8) is 0 Å². The molecule has 1 fully saturated rings. The van der Waals surface area contributed by atoms with Gasteiger partial charge in [-0.15, -0.1) is 11.3 Å². The summed E-state index contributed by atoms with van der Waals surface area (Å²) >= 11 is 8.04. The minimum absolute atomic E-state index is 0.0600. The maximum Gasteiger partial charge on any atom is 0.0664 e. The molecule has 0 saturated heterocycles. The molecule has 20 heavy (non-hydrogen) atoms. The normalized spacial score (nSPS) is 19.1. The third-order valence-electron chi connectivity index (χ3n) is 4.47. The van der Waals surface area contributed by atoms with E-state index in [9.17, 15) is 0 Å². The van der Waals surface area contributed by atoms with Crippen LogP contribution in [0.1, 0.15) is 42.2 Å². The first kappa shape index (κ1) is 14.1. The summed E-state index contributed by atoms with van der Waals surface area (Å²) in [6, 6.07) is 12.8. The molecule has 1 heterocycles. The van der Waals surface area contributed by atoms with E-state index in [2.05, 4.69) is 35.8 Å². The van der Waals surface area contributed by atoms with E-state index in [4.69, 9.17) is 17.4 Å². The molecule has 0 aliphatic heterocycles. The molecule has 3 rings (SSSR count). The van der Waals surface area contributed by atoms with Gasteiger partial charge in [0.1, 0.15) is 0 Å². The molecule has 0 bridgehead atoms. The summed E-state index contributed by atoms with van der Waals surface area (Å²) in [5.74, 6) is 5.93. The zero-order valence-corrected chi connectivity index (χ0v) is 12.9. The fraction of sp³-hybridized carbons (Fsp3) is 0.375. The van der Waals surface area contributed by atoms with Gasteiger partial charge in [0.05, 0.1) is 11.1 Å². The molecule has 1 aromatic carbocycles. The van der Waals surface area contributed by atoms with E-state index >= 15 is 0 Å². The standard InChI is InChI=1S/C16H19ClN2S/c17-13-8-11-20-14(13)15(19-18)16(9-4-5-10-16)12-6-2-1-3-7-12/h1-3,6-8,11,15,19H,4-5,9-10,18H2. The molecule has 2 aromatic rings. The Balaban J connectivity index is 2.08. The summed E-state index contributed by atoms with van der Waals surface area (Å²) < 4.78 is 0. The second-order valence-electron chi connectivity index (χ2n) is 5.46. The lowest BCUT2D eigenvalue weighted by molar-refractivity contribution is 0.308. The van der Waals surface area contributed by atoms with E-state index in [0.717, 1.165) is 22.7 Å². The molecule has 0 radical (unpaired) electrons. The van der Waals surface area contributed by atoms with Gasteiger partial charge < -0.3 is 0 Å². The van der Waals surface area contributed by atoms with E-state index in [-0.39, 0.29) is 11.5 Å². The Hall–Kier alpha value is -0.870. The topological polar surface area (TPSA) is 38.0 Å². The van der Waals surface area contributed by atoms with E-state index in [1.165, 1.54) is 18.4 Å². The molecule has 1 aliphatic carbocycles.